The Kier molecular flexibility index (Phi) is 6.20. The fraction of sp³-hybridized carbons (Fsp3) is 0.500. The van der Waals surface area contributed by atoms with Crippen LogP contribution in [0.4, 0.5) is 0 Å². The van der Waals surface area contributed by atoms with E-state index in [1.54, 1.807) is 6.92 Å². The summed E-state index contributed by atoms with van der Waals surface area (Å²) in [5.41, 5.74) is 1.10. The number of nitriles is 1. The van der Waals surface area contributed by atoms with Crippen molar-refractivity contribution < 1.29 is 9.84 Å². The first-order valence-corrected chi connectivity index (χ1v) is 6.12. The van der Waals surface area contributed by atoms with Gasteiger partial charge in [0, 0.05) is 12.6 Å². The molecule has 4 heteroatoms. The molecule has 0 heterocycles. The first kappa shape index (κ1) is 14.5. The largest absolute Gasteiger partial charge is 0.479 e. The molecule has 4 nitrogen and oxygen atoms in total. The number of nitrogens with one attached hydrogen (secondary N) is 1. The van der Waals surface area contributed by atoms with Crippen LogP contribution < -0.4 is 10.1 Å². The molecule has 0 aromatic heterocycles. The summed E-state index contributed by atoms with van der Waals surface area (Å²) >= 11 is 0. The van der Waals surface area contributed by atoms with Crippen molar-refractivity contribution in [3.63, 3.8) is 0 Å². The maximum absolute atomic E-state index is 9.27. The molecule has 0 aliphatic carbocycles. The van der Waals surface area contributed by atoms with Crippen molar-refractivity contribution in [1.82, 2.24) is 5.32 Å². The molecule has 0 aliphatic heterocycles. The summed E-state index contributed by atoms with van der Waals surface area (Å²) in [6.45, 7) is 4.62. The van der Waals surface area contributed by atoms with E-state index >= 15 is 0 Å². The molecule has 0 aliphatic rings. The van der Waals surface area contributed by atoms with E-state index in [1.807, 2.05) is 37.3 Å². The van der Waals surface area contributed by atoms with Gasteiger partial charge >= 0.3 is 0 Å². The maximum Gasteiger partial charge on any atom is 0.174 e. The summed E-state index contributed by atoms with van der Waals surface area (Å²) in [5.74, 6) is 0.707. The highest BCUT2D eigenvalue weighted by molar-refractivity contribution is 5.28. The minimum Gasteiger partial charge on any atom is -0.479 e. The van der Waals surface area contributed by atoms with E-state index in [0.29, 0.717) is 5.75 Å². The molecule has 0 bridgehead atoms. The maximum atomic E-state index is 9.27. The molecule has 2 atom stereocenters. The van der Waals surface area contributed by atoms with E-state index in [4.69, 9.17) is 10.00 Å². The third-order valence-corrected chi connectivity index (χ3v) is 2.55. The number of hydrogen-bond acceptors (Lipinski definition) is 4. The SMILES string of the molecule is CC(O)CC(C)NCc1cccc(OCC#N)c1. The Morgan fingerprint density at radius 1 is 1.44 bits per heavy atom. The molecule has 0 saturated carbocycles. The molecule has 2 unspecified atom stereocenters. The van der Waals surface area contributed by atoms with Gasteiger partial charge in [-0.15, -0.1) is 0 Å². The molecule has 0 radical (unpaired) electrons. The third kappa shape index (κ3) is 5.67. The van der Waals surface area contributed by atoms with Crippen LogP contribution >= 0.6 is 0 Å². The highest BCUT2D eigenvalue weighted by atomic mass is 16.5. The standard InChI is InChI=1S/C14H20N2O2/c1-11(8-12(2)17)16-10-13-4-3-5-14(9-13)18-7-6-15/h3-5,9,11-12,16-17H,7-8,10H2,1-2H3. The lowest BCUT2D eigenvalue weighted by molar-refractivity contribution is 0.170. The zero-order chi connectivity index (χ0) is 13.4. The molecule has 0 fully saturated rings. The van der Waals surface area contributed by atoms with Crippen LogP contribution in [-0.4, -0.2) is 23.9 Å². The van der Waals surface area contributed by atoms with E-state index in [1.165, 1.54) is 0 Å². The molecule has 0 amide bonds. The predicted molar refractivity (Wildman–Crippen MR) is 70.1 cm³/mol. The van der Waals surface area contributed by atoms with Crippen molar-refractivity contribution in [1.29, 1.82) is 5.26 Å². The predicted octanol–water partition coefficient (Wildman–Crippen LogP) is 1.84. The van der Waals surface area contributed by atoms with Gasteiger partial charge in [0.2, 0.25) is 0 Å². The minimum atomic E-state index is -0.294. The van der Waals surface area contributed by atoms with Gasteiger partial charge in [0.05, 0.1) is 6.10 Å². The van der Waals surface area contributed by atoms with Crippen LogP contribution in [0, 0.1) is 11.3 Å². The lowest BCUT2D eigenvalue weighted by Crippen LogP contribution is -2.28. The summed E-state index contributed by atoms with van der Waals surface area (Å²) in [4.78, 5) is 0. The average Bonchev–Trinajstić information content (AvgIpc) is 2.33. The fourth-order valence-electron chi connectivity index (χ4n) is 1.75. The molecule has 1 aromatic rings. The lowest BCUT2D eigenvalue weighted by atomic mass is 10.1. The van der Waals surface area contributed by atoms with E-state index in [9.17, 15) is 5.11 Å². The van der Waals surface area contributed by atoms with E-state index in [2.05, 4.69) is 5.32 Å². The Bertz CT molecular complexity index is 399. The summed E-state index contributed by atoms with van der Waals surface area (Å²) < 4.78 is 5.24. The lowest BCUT2D eigenvalue weighted by Gasteiger charge is -2.15. The van der Waals surface area contributed by atoms with E-state index in [-0.39, 0.29) is 18.8 Å². The number of ether oxygens (including phenoxy) is 1. The van der Waals surface area contributed by atoms with Gasteiger partial charge in [0.15, 0.2) is 6.61 Å². The minimum absolute atomic E-state index is 0.0648. The molecule has 98 valence electrons. The third-order valence-electron chi connectivity index (χ3n) is 2.55. The number of hydrogen-bond donors (Lipinski definition) is 2. The number of aliphatic hydroxyl groups is 1. The van der Waals surface area contributed by atoms with Gasteiger partial charge < -0.3 is 15.2 Å². The van der Waals surface area contributed by atoms with Crippen LogP contribution in [-0.2, 0) is 6.54 Å². The van der Waals surface area contributed by atoms with E-state index < -0.39 is 0 Å². The van der Waals surface area contributed by atoms with Crippen LogP contribution in [0.15, 0.2) is 24.3 Å². The monoisotopic (exact) mass is 248 g/mol. The van der Waals surface area contributed by atoms with Gasteiger partial charge in [-0.2, -0.15) is 5.26 Å². The first-order valence-electron chi connectivity index (χ1n) is 6.12. The van der Waals surface area contributed by atoms with Gasteiger partial charge in [0.1, 0.15) is 11.8 Å². The molecule has 1 rings (SSSR count). The van der Waals surface area contributed by atoms with Crippen molar-refractivity contribution in [3.8, 4) is 11.8 Å². The number of benzene rings is 1. The van der Waals surface area contributed by atoms with Crippen LogP contribution in [0.3, 0.4) is 0 Å². The molecular formula is C14H20N2O2. The second kappa shape index (κ2) is 7.70. The number of aliphatic hydroxyl groups excluding tert-OH is 1. The Balaban J connectivity index is 2.44. The normalized spacial score (nSPS) is 13.7. The van der Waals surface area contributed by atoms with Crippen LogP contribution in [0.1, 0.15) is 25.8 Å². The summed E-state index contributed by atoms with van der Waals surface area (Å²) in [6, 6.07) is 9.86. The Morgan fingerprint density at radius 2 is 2.22 bits per heavy atom. The molecule has 0 spiro atoms. The van der Waals surface area contributed by atoms with Crippen molar-refractivity contribution in [2.75, 3.05) is 6.61 Å². The number of rotatable bonds is 7. The van der Waals surface area contributed by atoms with Crippen LogP contribution in [0.25, 0.3) is 0 Å². The smallest absolute Gasteiger partial charge is 0.174 e. The van der Waals surface area contributed by atoms with E-state index in [0.717, 1.165) is 18.5 Å². The van der Waals surface area contributed by atoms with Gasteiger partial charge in [-0.3, -0.25) is 0 Å². The summed E-state index contributed by atoms with van der Waals surface area (Å²) in [6.07, 6.45) is 0.433. The Hall–Kier alpha value is -1.57. The molecule has 18 heavy (non-hydrogen) atoms. The zero-order valence-electron chi connectivity index (χ0n) is 10.9. The Morgan fingerprint density at radius 3 is 2.89 bits per heavy atom. The second-order valence-electron chi connectivity index (χ2n) is 4.46. The van der Waals surface area contributed by atoms with Crippen molar-refractivity contribution >= 4 is 0 Å². The first-order chi connectivity index (χ1) is 8.61. The molecular weight excluding hydrogens is 228 g/mol. The fourth-order valence-corrected chi connectivity index (χ4v) is 1.75. The van der Waals surface area contributed by atoms with Crippen LogP contribution in [0.5, 0.6) is 5.75 Å². The van der Waals surface area contributed by atoms with Crippen molar-refractivity contribution in [3.05, 3.63) is 29.8 Å². The summed E-state index contributed by atoms with van der Waals surface area (Å²) in [5, 5.41) is 21.0. The summed E-state index contributed by atoms with van der Waals surface area (Å²) in [7, 11) is 0. The Labute approximate surface area is 108 Å². The van der Waals surface area contributed by atoms with Gasteiger partial charge in [-0.1, -0.05) is 12.1 Å². The number of nitrogens with zero attached hydrogens (tertiary/aromatic N) is 1. The molecule has 2 N–H and O–H groups in total. The van der Waals surface area contributed by atoms with Gasteiger partial charge in [0.25, 0.3) is 0 Å². The highest BCUT2D eigenvalue weighted by Crippen LogP contribution is 2.13. The molecule has 0 saturated heterocycles. The van der Waals surface area contributed by atoms with Gasteiger partial charge in [-0.25, -0.2) is 0 Å². The topological polar surface area (TPSA) is 65.3 Å². The van der Waals surface area contributed by atoms with Gasteiger partial charge in [-0.05, 0) is 38.0 Å². The van der Waals surface area contributed by atoms with Crippen LogP contribution in [0.2, 0.25) is 0 Å². The average molecular weight is 248 g/mol. The quantitative estimate of drug-likeness (QED) is 0.772. The highest BCUT2D eigenvalue weighted by Gasteiger charge is 2.05. The van der Waals surface area contributed by atoms with Crippen molar-refractivity contribution in [2.24, 2.45) is 0 Å². The van der Waals surface area contributed by atoms with Crippen molar-refractivity contribution in [2.45, 2.75) is 39.0 Å². The zero-order valence-corrected chi connectivity index (χ0v) is 10.9. The second-order valence-corrected chi connectivity index (χ2v) is 4.46. The molecule has 1 aromatic carbocycles.